The molecule has 24 heavy (non-hydrogen) atoms. The van der Waals surface area contributed by atoms with Gasteiger partial charge in [0.25, 0.3) is 0 Å². The Morgan fingerprint density at radius 3 is 2.92 bits per heavy atom. The summed E-state index contributed by atoms with van der Waals surface area (Å²) in [5, 5.41) is 4.77. The van der Waals surface area contributed by atoms with Crippen LogP contribution in [-0.2, 0) is 27.9 Å². The van der Waals surface area contributed by atoms with Crippen LogP contribution in [-0.4, -0.2) is 53.6 Å². The maximum atomic E-state index is 11.5. The molecule has 0 aromatic carbocycles. The predicted molar refractivity (Wildman–Crippen MR) is 90.7 cm³/mol. The van der Waals surface area contributed by atoms with Gasteiger partial charge in [-0.05, 0) is 12.8 Å². The van der Waals surface area contributed by atoms with Crippen molar-refractivity contribution in [3.05, 3.63) is 17.5 Å². The average Bonchev–Trinajstić information content (AvgIpc) is 2.96. The summed E-state index contributed by atoms with van der Waals surface area (Å²) in [6.45, 7) is 3.23. The molecule has 0 spiro atoms. The molecule has 1 aliphatic carbocycles. The molecule has 0 radical (unpaired) electrons. The fourth-order valence-electron chi connectivity index (χ4n) is 3.95. The highest BCUT2D eigenvalue weighted by molar-refractivity contribution is 5.69. The Hall–Kier alpha value is -1.40. The first-order valence-electron chi connectivity index (χ1n) is 9.09. The van der Waals surface area contributed by atoms with Crippen molar-refractivity contribution in [2.75, 3.05) is 26.8 Å². The number of aryl methyl sites for hydroxylation is 1. The number of aromatic nitrogens is 2. The Bertz CT molecular complexity index is 552. The number of carbonyl (C=O) groups excluding carboxylic acids is 1. The number of hydrogen-bond acceptors (Lipinski definition) is 5. The van der Waals surface area contributed by atoms with Crippen LogP contribution < -0.4 is 0 Å². The fourth-order valence-corrected chi connectivity index (χ4v) is 3.95. The zero-order valence-electron chi connectivity index (χ0n) is 14.9. The van der Waals surface area contributed by atoms with Crippen LogP contribution in [0.1, 0.15) is 55.7 Å². The van der Waals surface area contributed by atoms with Gasteiger partial charge in [-0.1, -0.05) is 19.3 Å². The molecule has 0 unspecified atom stereocenters. The van der Waals surface area contributed by atoms with E-state index in [2.05, 4.69) is 11.1 Å². The molecule has 1 aromatic rings. The Morgan fingerprint density at radius 1 is 1.38 bits per heavy atom. The van der Waals surface area contributed by atoms with Crippen LogP contribution in [0.3, 0.4) is 0 Å². The Morgan fingerprint density at radius 2 is 2.17 bits per heavy atom. The normalized spacial score (nSPS) is 23.3. The van der Waals surface area contributed by atoms with Gasteiger partial charge in [-0.25, -0.2) is 0 Å². The highest BCUT2D eigenvalue weighted by Gasteiger charge is 2.26. The number of esters is 1. The van der Waals surface area contributed by atoms with Crippen LogP contribution in [0, 0.1) is 0 Å². The van der Waals surface area contributed by atoms with Gasteiger partial charge in [-0.15, -0.1) is 0 Å². The van der Waals surface area contributed by atoms with E-state index in [4.69, 9.17) is 14.6 Å². The topological polar surface area (TPSA) is 56.6 Å². The Kier molecular flexibility index (Phi) is 5.89. The van der Waals surface area contributed by atoms with E-state index in [-0.39, 0.29) is 12.1 Å². The third kappa shape index (κ3) is 4.36. The molecule has 2 heterocycles. The van der Waals surface area contributed by atoms with Crippen molar-refractivity contribution in [2.45, 2.75) is 57.1 Å². The largest absolute Gasteiger partial charge is 0.469 e. The third-order valence-electron chi connectivity index (χ3n) is 5.17. The number of carbonyl (C=O) groups is 1. The second kappa shape index (κ2) is 8.12. The zero-order chi connectivity index (χ0) is 16.9. The lowest BCUT2D eigenvalue weighted by Gasteiger charge is -2.32. The van der Waals surface area contributed by atoms with Gasteiger partial charge in [-0.3, -0.25) is 14.4 Å². The summed E-state index contributed by atoms with van der Waals surface area (Å²) in [4.78, 5) is 13.9. The number of hydrogen-bond donors (Lipinski definition) is 0. The van der Waals surface area contributed by atoms with E-state index in [0.717, 1.165) is 19.6 Å². The summed E-state index contributed by atoms with van der Waals surface area (Å²) >= 11 is 0. The molecule has 3 rings (SSSR count). The maximum Gasteiger partial charge on any atom is 0.308 e. The van der Waals surface area contributed by atoms with Gasteiger partial charge >= 0.3 is 5.97 Å². The first-order chi connectivity index (χ1) is 11.7. The summed E-state index contributed by atoms with van der Waals surface area (Å²) in [5.74, 6) is 0.410. The zero-order valence-corrected chi connectivity index (χ0v) is 14.9. The highest BCUT2D eigenvalue weighted by Crippen LogP contribution is 2.34. The molecule has 6 heteroatoms. The Balaban J connectivity index is 1.63. The van der Waals surface area contributed by atoms with Crippen molar-refractivity contribution in [1.29, 1.82) is 0 Å². The van der Waals surface area contributed by atoms with Crippen LogP contribution >= 0.6 is 0 Å². The van der Waals surface area contributed by atoms with E-state index >= 15 is 0 Å². The fraction of sp³-hybridized carbons (Fsp3) is 0.778. The number of morpholine rings is 1. The highest BCUT2D eigenvalue weighted by atomic mass is 16.5. The second-order valence-corrected chi connectivity index (χ2v) is 7.06. The van der Waals surface area contributed by atoms with Gasteiger partial charge in [0.15, 0.2) is 0 Å². The van der Waals surface area contributed by atoms with E-state index in [1.165, 1.54) is 50.5 Å². The standard InChI is InChI=1S/C18H29N3O3/c1-20-11-15(18(19-20)14-6-4-3-5-7-14)12-21-8-9-24-16(13-21)10-17(22)23-2/h11,14,16H,3-10,12-13H2,1-2H3/t16-/m0/s1. The van der Waals surface area contributed by atoms with Gasteiger partial charge in [0.05, 0.1) is 31.9 Å². The minimum atomic E-state index is -0.203. The van der Waals surface area contributed by atoms with E-state index < -0.39 is 0 Å². The lowest BCUT2D eigenvalue weighted by Crippen LogP contribution is -2.43. The third-order valence-corrected chi connectivity index (χ3v) is 5.17. The van der Waals surface area contributed by atoms with Crippen molar-refractivity contribution in [3.8, 4) is 0 Å². The summed E-state index contributed by atoms with van der Waals surface area (Å²) in [7, 11) is 3.43. The first kappa shape index (κ1) is 17.4. The lowest BCUT2D eigenvalue weighted by atomic mass is 9.85. The van der Waals surface area contributed by atoms with E-state index in [0.29, 0.717) is 18.9 Å². The molecular formula is C18H29N3O3. The van der Waals surface area contributed by atoms with Gasteiger partial charge in [-0.2, -0.15) is 5.10 Å². The van der Waals surface area contributed by atoms with E-state index in [1.54, 1.807) is 0 Å². The average molecular weight is 335 g/mol. The molecule has 1 saturated carbocycles. The molecule has 1 saturated heterocycles. The molecule has 1 atom stereocenters. The van der Waals surface area contributed by atoms with E-state index in [1.807, 2.05) is 11.7 Å². The molecule has 6 nitrogen and oxygen atoms in total. The van der Waals surface area contributed by atoms with Crippen LogP contribution in [0.25, 0.3) is 0 Å². The van der Waals surface area contributed by atoms with Crippen molar-refractivity contribution in [2.24, 2.45) is 7.05 Å². The first-order valence-corrected chi connectivity index (χ1v) is 9.09. The quantitative estimate of drug-likeness (QED) is 0.773. The molecule has 2 aliphatic rings. The number of methoxy groups -OCH3 is 1. The summed E-state index contributed by atoms with van der Waals surface area (Å²) < 4.78 is 12.4. The van der Waals surface area contributed by atoms with Gasteiger partial charge in [0.1, 0.15) is 0 Å². The van der Waals surface area contributed by atoms with Crippen LogP contribution in [0.2, 0.25) is 0 Å². The smallest absolute Gasteiger partial charge is 0.308 e. The molecule has 1 aliphatic heterocycles. The van der Waals surface area contributed by atoms with Crippen LogP contribution in [0.4, 0.5) is 0 Å². The lowest BCUT2D eigenvalue weighted by molar-refractivity contribution is -0.145. The number of rotatable bonds is 5. The van der Waals surface area contributed by atoms with Crippen LogP contribution in [0.15, 0.2) is 6.20 Å². The maximum absolute atomic E-state index is 11.5. The number of ether oxygens (including phenoxy) is 2. The van der Waals surface area contributed by atoms with E-state index in [9.17, 15) is 4.79 Å². The second-order valence-electron chi connectivity index (χ2n) is 7.06. The molecule has 2 fully saturated rings. The molecule has 0 N–H and O–H groups in total. The van der Waals surface area contributed by atoms with Crippen molar-refractivity contribution in [3.63, 3.8) is 0 Å². The summed E-state index contributed by atoms with van der Waals surface area (Å²) in [5.41, 5.74) is 2.62. The SMILES string of the molecule is COC(=O)C[C@H]1CN(Cc2cn(C)nc2C2CCCCC2)CCO1. The monoisotopic (exact) mass is 335 g/mol. The van der Waals surface area contributed by atoms with Crippen LogP contribution in [0.5, 0.6) is 0 Å². The van der Waals surface area contributed by atoms with Gasteiger partial charge in [0, 0.05) is 44.4 Å². The van der Waals surface area contributed by atoms with Crippen molar-refractivity contribution < 1.29 is 14.3 Å². The molecule has 0 bridgehead atoms. The number of nitrogens with zero attached hydrogens (tertiary/aromatic N) is 3. The van der Waals surface area contributed by atoms with Crippen molar-refractivity contribution >= 4 is 5.97 Å². The molecule has 134 valence electrons. The molecule has 0 amide bonds. The summed E-state index contributed by atoms with van der Waals surface area (Å²) in [6.07, 6.45) is 8.94. The Labute approximate surface area is 144 Å². The van der Waals surface area contributed by atoms with Gasteiger partial charge < -0.3 is 9.47 Å². The minimum Gasteiger partial charge on any atom is -0.469 e. The summed E-state index contributed by atoms with van der Waals surface area (Å²) in [6, 6.07) is 0. The van der Waals surface area contributed by atoms with Crippen molar-refractivity contribution in [1.82, 2.24) is 14.7 Å². The predicted octanol–water partition coefficient (Wildman–Crippen LogP) is 2.23. The van der Waals surface area contributed by atoms with Gasteiger partial charge in [0.2, 0.25) is 0 Å². The minimum absolute atomic E-state index is 0.0685. The molecule has 1 aromatic heterocycles. The molecular weight excluding hydrogens is 306 g/mol.